The smallest absolute Gasteiger partial charge is 0.0740 e. The predicted molar refractivity (Wildman–Crippen MR) is 52.3 cm³/mol. The molecule has 0 saturated heterocycles. The lowest BCUT2D eigenvalue weighted by atomic mass is 10.0. The molecule has 0 bridgehead atoms. The summed E-state index contributed by atoms with van der Waals surface area (Å²) in [5, 5.41) is 12.8. The fourth-order valence-electron chi connectivity index (χ4n) is 0.785. The lowest BCUT2D eigenvalue weighted by Gasteiger charge is -2.22. The fourth-order valence-corrected chi connectivity index (χ4v) is 0.785. The van der Waals surface area contributed by atoms with Crippen LogP contribution < -0.4 is 5.32 Å². The maximum absolute atomic E-state index is 9.61. The average Bonchev–Trinajstić information content (AvgIpc) is 1.98. The highest BCUT2D eigenvalue weighted by Gasteiger charge is 2.15. The fraction of sp³-hybridized carbons (Fsp3) is 1.00. The molecule has 0 rings (SSSR count). The molecule has 0 radical (unpaired) electrons. The zero-order valence-corrected chi connectivity index (χ0v) is 8.72. The van der Waals surface area contributed by atoms with Gasteiger partial charge >= 0.3 is 0 Å². The zero-order valence-electron chi connectivity index (χ0n) is 8.72. The molecule has 0 aliphatic carbocycles. The molecule has 0 amide bonds. The molecule has 1 atom stereocenters. The minimum absolute atomic E-state index is 0.549. The summed E-state index contributed by atoms with van der Waals surface area (Å²) in [7, 11) is 4.08. The van der Waals surface area contributed by atoms with Gasteiger partial charge in [-0.3, -0.25) is 0 Å². The van der Waals surface area contributed by atoms with Crippen LogP contribution in [-0.2, 0) is 0 Å². The number of aliphatic hydroxyl groups is 1. The van der Waals surface area contributed by atoms with Crippen molar-refractivity contribution in [3.63, 3.8) is 0 Å². The third-order valence-corrected chi connectivity index (χ3v) is 2.00. The second-order valence-corrected chi connectivity index (χ2v) is 3.83. The van der Waals surface area contributed by atoms with Gasteiger partial charge in [0.05, 0.1) is 5.60 Å². The monoisotopic (exact) mass is 174 g/mol. The molecule has 3 heteroatoms. The summed E-state index contributed by atoms with van der Waals surface area (Å²) in [5.41, 5.74) is -0.549. The molecule has 0 aromatic heterocycles. The Morgan fingerprint density at radius 1 is 1.42 bits per heavy atom. The Morgan fingerprint density at radius 3 is 2.42 bits per heavy atom. The Hall–Kier alpha value is -0.120. The molecule has 12 heavy (non-hydrogen) atoms. The molecule has 0 aliphatic rings. The Bertz CT molecular complexity index is 113. The second-order valence-electron chi connectivity index (χ2n) is 3.83. The maximum Gasteiger partial charge on any atom is 0.0740 e. The van der Waals surface area contributed by atoms with Gasteiger partial charge in [0.1, 0.15) is 0 Å². The highest BCUT2D eigenvalue weighted by Crippen LogP contribution is 2.05. The van der Waals surface area contributed by atoms with Crippen LogP contribution in [0.2, 0.25) is 0 Å². The van der Waals surface area contributed by atoms with Crippen LogP contribution in [0.1, 0.15) is 20.3 Å². The maximum atomic E-state index is 9.61. The van der Waals surface area contributed by atoms with Crippen molar-refractivity contribution in [3.05, 3.63) is 0 Å². The molecule has 0 fully saturated rings. The van der Waals surface area contributed by atoms with E-state index in [9.17, 15) is 5.11 Å². The van der Waals surface area contributed by atoms with Crippen molar-refractivity contribution in [2.45, 2.75) is 25.9 Å². The number of hydrogen-bond donors (Lipinski definition) is 2. The molecular weight excluding hydrogens is 152 g/mol. The van der Waals surface area contributed by atoms with E-state index in [4.69, 9.17) is 0 Å². The molecule has 0 saturated carbocycles. The lowest BCUT2D eigenvalue weighted by Crippen LogP contribution is -2.39. The van der Waals surface area contributed by atoms with Gasteiger partial charge < -0.3 is 15.3 Å². The Kier molecular flexibility index (Phi) is 5.46. The molecule has 3 nitrogen and oxygen atoms in total. The van der Waals surface area contributed by atoms with Gasteiger partial charge in [-0.05, 0) is 27.4 Å². The minimum atomic E-state index is -0.549. The van der Waals surface area contributed by atoms with Crippen LogP contribution in [-0.4, -0.2) is 49.3 Å². The van der Waals surface area contributed by atoms with Crippen LogP contribution in [0, 0.1) is 0 Å². The largest absolute Gasteiger partial charge is 0.389 e. The summed E-state index contributed by atoms with van der Waals surface area (Å²) < 4.78 is 0. The van der Waals surface area contributed by atoms with Crippen LogP contribution in [0.15, 0.2) is 0 Å². The summed E-state index contributed by atoms with van der Waals surface area (Å²) in [6, 6.07) is 0. The van der Waals surface area contributed by atoms with Gasteiger partial charge in [-0.1, -0.05) is 6.92 Å². The van der Waals surface area contributed by atoms with E-state index in [-0.39, 0.29) is 0 Å². The van der Waals surface area contributed by atoms with Gasteiger partial charge in [0.15, 0.2) is 0 Å². The molecular formula is C9H22N2O. The summed E-state index contributed by atoms with van der Waals surface area (Å²) in [5.74, 6) is 0. The number of rotatable bonds is 6. The van der Waals surface area contributed by atoms with Gasteiger partial charge in [0, 0.05) is 19.6 Å². The van der Waals surface area contributed by atoms with Crippen molar-refractivity contribution in [2.24, 2.45) is 0 Å². The standard InChI is InChI=1S/C9H22N2O/c1-5-9(2,12)8-10-6-7-11(3)4/h10,12H,5-8H2,1-4H3. The van der Waals surface area contributed by atoms with Crippen molar-refractivity contribution < 1.29 is 5.11 Å². The van der Waals surface area contributed by atoms with Crippen molar-refractivity contribution in [2.75, 3.05) is 33.7 Å². The van der Waals surface area contributed by atoms with Gasteiger partial charge in [-0.25, -0.2) is 0 Å². The Morgan fingerprint density at radius 2 is 2.00 bits per heavy atom. The van der Waals surface area contributed by atoms with E-state index < -0.39 is 5.60 Å². The highest BCUT2D eigenvalue weighted by atomic mass is 16.3. The Labute approximate surface area is 75.8 Å². The van der Waals surface area contributed by atoms with Gasteiger partial charge in [-0.15, -0.1) is 0 Å². The van der Waals surface area contributed by atoms with E-state index in [1.165, 1.54) is 0 Å². The first-order valence-electron chi connectivity index (χ1n) is 4.56. The predicted octanol–water partition coefficient (Wildman–Crippen LogP) is 0.299. The van der Waals surface area contributed by atoms with E-state index in [2.05, 4.69) is 10.2 Å². The van der Waals surface area contributed by atoms with Gasteiger partial charge in [-0.2, -0.15) is 0 Å². The van der Waals surface area contributed by atoms with Gasteiger partial charge in [0.25, 0.3) is 0 Å². The number of nitrogens with one attached hydrogen (secondary N) is 1. The number of likely N-dealkylation sites (N-methyl/N-ethyl adjacent to an activating group) is 1. The number of nitrogens with zero attached hydrogens (tertiary/aromatic N) is 1. The van der Waals surface area contributed by atoms with Crippen molar-refractivity contribution in [3.8, 4) is 0 Å². The van der Waals surface area contributed by atoms with Crippen molar-refractivity contribution in [1.82, 2.24) is 10.2 Å². The second kappa shape index (κ2) is 5.51. The minimum Gasteiger partial charge on any atom is -0.389 e. The van der Waals surface area contributed by atoms with E-state index in [1.807, 2.05) is 27.9 Å². The summed E-state index contributed by atoms with van der Waals surface area (Å²) in [6.07, 6.45) is 0.794. The first-order valence-corrected chi connectivity index (χ1v) is 4.56. The molecule has 0 aromatic rings. The third-order valence-electron chi connectivity index (χ3n) is 2.00. The van der Waals surface area contributed by atoms with Crippen LogP contribution in [0.3, 0.4) is 0 Å². The SMILES string of the molecule is CCC(C)(O)CNCCN(C)C. The van der Waals surface area contributed by atoms with Crippen LogP contribution in [0.5, 0.6) is 0 Å². The molecule has 74 valence electrons. The zero-order chi connectivity index (χ0) is 9.61. The molecule has 0 heterocycles. The van der Waals surface area contributed by atoms with Crippen molar-refractivity contribution in [1.29, 1.82) is 0 Å². The summed E-state index contributed by atoms with van der Waals surface area (Å²) in [6.45, 7) is 6.48. The summed E-state index contributed by atoms with van der Waals surface area (Å²) in [4.78, 5) is 2.12. The first-order chi connectivity index (χ1) is 5.48. The van der Waals surface area contributed by atoms with Crippen molar-refractivity contribution >= 4 is 0 Å². The molecule has 0 aromatic carbocycles. The van der Waals surface area contributed by atoms with Crippen LogP contribution in [0.4, 0.5) is 0 Å². The van der Waals surface area contributed by atoms with Crippen LogP contribution in [0.25, 0.3) is 0 Å². The van der Waals surface area contributed by atoms with Crippen LogP contribution >= 0.6 is 0 Å². The normalized spacial score (nSPS) is 16.5. The topological polar surface area (TPSA) is 35.5 Å². The quantitative estimate of drug-likeness (QED) is 0.568. The molecule has 2 N–H and O–H groups in total. The van der Waals surface area contributed by atoms with E-state index in [0.29, 0.717) is 6.54 Å². The molecule has 0 aliphatic heterocycles. The molecule has 1 unspecified atom stereocenters. The first kappa shape index (κ1) is 11.9. The van der Waals surface area contributed by atoms with E-state index in [0.717, 1.165) is 19.5 Å². The van der Waals surface area contributed by atoms with E-state index >= 15 is 0 Å². The Balaban J connectivity index is 3.31. The summed E-state index contributed by atoms with van der Waals surface area (Å²) >= 11 is 0. The average molecular weight is 174 g/mol. The van der Waals surface area contributed by atoms with E-state index in [1.54, 1.807) is 0 Å². The highest BCUT2D eigenvalue weighted by molar-refractivity contribution is 4.72. The number of hydrogen-bond acceptors (Lipinski definition) is 3. The lowest BCUT2D eigenvalue weighted by molar-refractivity contribution is 0.0556. The van der Waals surface area contributed by atoms with Gasteiger partial charge in [0.2, 0.25) is 0 Å². The third kappa shape index (κ3) is 6.58. The molecule has 0 spiro atoms.